The fraction of sp³-hybridized carbons (Fsp3) is 0.417. The highest BCUT2D eigenvalue weighted by Gasteiger charge is 2.12. The standard InChI is InChI=1S/C12H16N2O3S/c15-5-1-4-13-12(18)14-7-9-2-3-10-11(6-9)17-8-16-10/h2-3,6,15H,1,4-5,7-8H2,(H2,13,14,18). The molecular formula is C12H16N2O3S. The number of hydrogen-bond donors (Lipinski definition) is 3. The van der Waals surface area contributed by atoms with Crippen LogP contribution in [-0.2, 0) is 6.54 Å². The van der Waals surface area contributed by atoms with E-state index in [1.807, 2.05) is 18.2 Å². The summed E-state index contributed by atoms with van der Waals surface area (Å²) >= 11 is 5.11. The smallest absolute Gasteiger partial charge is 0.231 e. The van der Waals surface area contributed by atoms with E-state index in [0.717, 1.165) is 17.1 Å². The van der Waals surface area contributed by atoms with Gasteiger partial charge in [0.1, 0.15) is 0 Å². The minimum Gasteiger partial charge on any atom is -0.454 e. The van der Waals surface area contributed by atoms with Gasteiger partial charge in [-0.1, -0.05) is 6.07 Å². The summed E-state index contributed by atoms with van der Waals surface area (Å²) in [4.78, 5) is 0. The van der Waals surface area contributed by atoms with Gasteiger partial charge in [0, 0.05) is 19.7 Å². The predicted octanol–water partition coefficient (Wildman–Crippen LogP) is 0.762. The third kappa shape index (κ3) is 3.48. The van der Waals surface area contributed by atoms with E-state index in [-0.39, 0.29) is 13.4 Å². The highest BCUT2D eigenvalue weighted by molar-refractivity contribution is 7.80. The molecular weight excluding hydrogens is 252 g/mol. The van der Waals surface area contributed by atoms with Gasteiger partial charge in [0.25, 0.3) is 0 Å². The van der Waals surface area contributed by atoms with Gasteiger partial charge in [-0.3, -0.25) is 0 Å². The molecule has 5 nitrogen and oxygen atoms in total. The topological polar surface area (TPSA) is 62.8 Å². The summed E-state index contributed by atoms with van der Waals surface area (Å²) in [6.45, 7) is 1.75. The van der Waals surface area contributed by atoms with Crippen LogP contribution in [0.15, 0.2) is 18.2 Å². The molecule has 0 amide bonds. The molecule has 0 saturated heterocycles. The molecule has 2 rings (SSSR count). The van der Waals surface area contributed by atoms with E-state index in [9.17, 15) is 0 Å². The zero-order chi connectivity index (χ0) is 12.8. The molecule has 3 N–H and O–H groups in total. The number of nitrogens with one attached hydrogen (secondary N) is 2. The fourth-order valence-electron chi connectivity index (χ4n) is 1.58. The monoisotopic (exact) mass is 268 g/mol. The van der Waals surface area contributed by atoms with Crippen LogP contribution in [0.1, 0.15) is 12.0 Å². The Bertz CT molecular complexity index is 426. The number of fused-ring (bicyclic) bond motifs is 1. The Kier molecular flexibility index (Phi) is 4.60. The number of hydrogen-bond acceptors (Lipinski definition) is 4. The Morgan fingerprint density at radius 1 is 1.28 bits per heavy atom. The third-order valence-corrected chi connectivity index (χ3v) is 2.80. The first kappa shape index (κ1) is 12.9. The molecule has 0 aliphatic carbocycles. The van der Waals surface area contributed by atoms with Crippen LogP contribution < -0.4 is 20.1 Å². The molecule has 0 aromatic heterocycles. The maximum Gasteiger partial charge on any atom is 0.231 e. The zero-order valence-corrected chi connectivity index (χ0v) is 10.8. The second kappa shape index (κ2) is 6.42. The van der Waals surface area contributed by atoms with E-state index in [1.54, 1.807) is 0 Å². The van der Waals surface area contributed by atoms with Crippen LogP contribution in [0.2, 0.25) is 0 Å². The van der Waals surface area contributed by atoms with Crippen molar-refractivity contribution in [1.29, 1.82) is 0 Å². The average Bonchev–Trinajstić information content (AvgIpc) is 2.84. The third-order valence-electron chi connectivity index (χ3n) is 2.51. The van der Waals surface area contributed by atoms with Crippen LogP contribution in [0.25, 0.3) is 0 Å². The lowest BCUT2D eigenvalue weighted by molar-refractivity contribution is 0.174. The highest BCUT2D eigenvalue weighted by atomic mass is 32.1. The largest absolute Gasteiger partial charge is 0.454 e. The minimum atomic E-state index is 0.164. The maximum absolute atomic E-state index is 8.65. The summed E-state index contributed by atoms with van der Waals surface area (Å²) in [6.07, 6.45) is 0.686. The van der Waals surface area contributed by atoms with Gasteiger partial charge >= 0.3 is 0 Å². The molecule has 0 fully saturated rings. The van der Waals surface area contributed by atoms with Gasteiger partial charge in [-0.15, -0.1) is 0 Å². The molecule has 0 atom stereocenters. The van der Waals surface area contributed by atoms with Gasteiger partial charge in [0.2, 0.25) is 6.79 Å². The lowest BCUT2D eigenvalue weighted by Crippen LogP contribution is -2.35. The van der Waals surface area contributed by atoms with Gasteiger partial charge < -0.3 is 25.2 Å². The van der Waals surface area contributed by atoms with Crippen molar-refractivity contribution in [1.82, 2.24) is 10.6 Å². The number of rotatable bonds is 5. The predicted molar refractivity (Wildman–Crippen MR) is 71.7 cm³/mol. The molecule has 98 valence electrons. The van der Waals surface area contributed by atoms with Gasteiger partial charge in [-0.05, 0) is 36.3 Å². The molecule has 6 heteroatoms. The summed E-state index contributed by atoms with van der Waals surface area (Å²) in [5, 5.41) is 15.3. The SMILES string of the molecule is OCCCNC(=S)NCc1ccc2c(c1)OCO2. The molecule has 1 aromatic carbocycles. The lowest BCUT2D eigenvalue weighted by Gasteiger charge is -2.10. The second-order valence-corrected chi connectivity index (χ2v) is 4.28. The zero-order valence-electron chi connectivity index (χ0n) is 9.94. The normalized spacial score (nSPS) is 12.3. The minimum absolute atomic E-state index is 0.164. The van der Waals surface area contributed by atoms with Crippen molar-refractivity contribution in [3.8, 4) is 11.5 Å². The summed E-state index contributed by atoms with van der Waals surface area (Å²) in [5.74, 6) is 1.55. The summed E-state index contributed by atoms with van der Waals surface area (Å²) < 4.78 is 10.5. The molecule has 1 aromatic rings. The first-order valence-electron chi connectivity index (χ1n) is 5.80. The molecule has 1 aliphatic rings. The molecule has 0 saturated carbocycles. The Balaban J connectivity index is 1.78. The van der Waals surface area contributed by atoms with Crippen LogP contribution in [0.4, 0.5) is 0 Å². The Morgan fingerprint density at radius 3 is 2.94 bits per heavy atom. The van der Waals surface area contributed by atoms with Crippen LogP contribution in [0.3, 0.4) is 0 Å². The van der Waals surface area contributed by atoms with Crippen molar-refractivity contribution in [3.05, 3.63) is 23.8 Å². The molecule has 0 radical (unpaired) electrons. The van der Waals surface area contributed by atoms with E-state index in [2.05, 4.69) is 10.6 Å². The Morgan fingerprint density at radius 2 is 2.11 bits per heavy atom. The lowest BCUT2D eigenvalue weighted by atomic mass is 10.2. The Hall–Kier alpha value is -1.53. The van der Waals surface area contributed by atoms with Gasteiger partial charge in [0.05, 0.1) is 0 Å². The first-order chi connectivity index (χ1) is 8.79. The van der Waals surface area contributed by atoms with Crippen LogP contribution in [0.5, 0.6) is 11.5 Å². The molecule has 0 unspecified atom stereocenters. The Labute approximate surface area is 111 Å². The number of aliphatic hydroxyl groups is 1. The van der Waals surface area contributed by atoms with Gasteiger partial charge in [-0.25, -0.2) is 0 Å². The van der Waals surface area contributed by atoms with Crippen LogP contribution in [0, 0.1) is 0 Å². The first-order valence-corrected chi connectivity index (χ1v) is 6.21. The molecule has 1 heterocycles. The summed E-state index contributed by atoms with van der Waals surface area (Å²) in [6, 6.07) is 5.80. The van der Waals surface area contributed by atoms with E-state index in [0.29, 0.717) is 24.6 Å². The van der Waals surface area contributed by atoms with E-state index >= 15 is 0 Å². The fourth-order valence-corrected chi connectivity index (χ4v) is 1.75. The quantitative estimate of drug-likeness (QED) is 0.541. The van der Waals surface area contributed by atoms with Crippen molar-refractivity contribution in [2.24, 2.45) is 0 Å². The summed E-state index contributed by atoms with van der Waals surface area (Å²) in [7, 11) is 0. The molecule has 1 aliphatic heterocycles. The van der Waals surface area contributed by atoms with Gasteiger partial charge in [-0.2, -0.15) is 0 Å². The van der Waals surface area contributed by atoms with Crippen molar-refractivity contribution < 1.29 is 14.6 Å². The number of benzene rings is 1. The van der Waals surface area contributed by atoms with Crippen molar-refractivity contribution >= 4 is 17.3 Å². The number of thiocarbonyl (C=S) groups is 1. The molecule has 0 bridgehead atoms. The van der Waals surface area contributed by atoms with Crippen molar-refractivity contribution in [3.63, 3.8) is 0 Å². The molecule has 0 spiro atoms. The van der Waals surface area contributed by atoms with Crippen LogP contribution in [-0.4, -0.2) is 30.2 Å². The average molecular weight is 268 g/mol. The maximum atomic E-state index is 8.65. The van der Waals surface area contributed by atoms with E-state index < -0.39 is 0 Å². The van der Waals surface area contributed by atoms with Gasteiger partial charge in [0.15, 0.2) is 16.6 Å². The summed E-state index contributed by atoms with van der Waals surface area (Å²) in [5.41, 5.74) is 1.07. The van der Waals surface area contributed by atoms with Crippen molar-refractivity contribution in [2.75, 3.05) is 19.9 Å². The number of ether oxygens (including phenoxy) is 2. The second-order valence-electron chi connectivity index (χ2n) is 3.87. The number of aliphatic hydroxyl groups excluding tert-OH is 1. The van der Waals surface area contributed by atoms with E-state index in [1.165, 1.54) is 0 Å². The van der Waals surface area contributed by atoms with Crippen LogP contribution >= 0.6 is 12.2 Å². The van der Waals surface area contributed by atoms with E-state index in [4.69, 9.17) is 26.8 Å². The molecule has 18 heavy (non-hydrogen) atoms. The van der Waals surface area contributed by atoms with Crippen molar-refractivity contribution in [2.45, 2.75) is 13.0 Å². The highest BCUT2D eigenvalue weighted by Crippen LogP contribution is 2.32.